The summed E-state index contributed by atoms with van der Waals surface area (Å²) in [5, 5.41) is 0.451. The van der Waals surface area contributed by atoms with Crippen molar-refractivity contribution in [2.45, 2.75) is 13.1 Å². The van der Waals surface area contributed by atoms with E-state index in [0.717, 1.165) is 12.1 Å². The van der Waals surface area contributed by atoms with Gasteiger partial charge in [0.05, 0.1) is 11.1 Å². The maximum atomic E-state index is 12.9. The number of rotatable bonds is 2. The van der Waals surface area contributed by atoms with E-state index >= 15 is 0 Å². The third kappa shape index (κ3) is 2.98. The molecule has 2 aromatic carbocycles. The average molecular weight is 346 g/mol. The average Bonchev–Trinajstić information content (AvgIpc) is 2.53. The molecule has 0 amide bonds. The number of nitrogen functional groups attached to an aromatic ring is 2. The fraction of sp³-hybridized carbons (Fsp3) is 0.118. The third-order valence-corrected chi connectivity index (χ3v) is 3.87. The lowest BCUT2D eigenvalue weighted by atomic mass is 9.95. The second-order valence-corrected chi connectivity index (χ2v) is 5.51. The van der Waals surface area contributed by atoms with E-state index in [-0.39, 0.29) is 22.9 Å². The predicted octanol–water partition coefficient (Wildman–Crippen LogP) is 3.35. The summed E-state index contributed by atoms with van der Waals surface area (Å²) in [7, 11) is 0. The Morgan fingerprint density at radius 3 is 2.48 bits per heavy atom. The van der Waals surface area contributed by atoms with Crippen molar-refractivity contribution in [1.82, 2.24) is 9.97 Å². The first-order chi connectivity index (χ1) is 11.7. The molecular weight excluding hydrogens is 333 g/mol. The number of carbonyl (C=O) groups is 1. The second kappa shape index (κ2) is 5.73. The molecule has 1 aromatic heterocycles. The molecule has 0 aliphatic carbocycles. The number of anilines is 2. The second-order valence-electron chi connectivity index (χ2n) is 5.51. The zero-order valence-corrected chi connectivity index (χ0v) is 13.1. The molecular formula is C17H13F3N4O. The van der Waals surface area contributed by atoms with Gasteiger partial charge in [0, 0.05) is 16.5 Å². The molecule has 1 heterocycles. The van der Waals surface area contributed by atoms with E-state index in [0.29, 0.717) is 16.5 Å². The van der Waals surface area contributed by atoms with Crippen LogP contribution in [0.5, 0.6) is 0 Å². The van der Waals surface area contributed by atoms with Gasteiger partial charge < -0.3 is 11.5 Å². The highest BCUT2D eigenvalue weighted by Crippen LogP contribution is 2.31. The van der Waals surface area contributed by atoms with Crippen molar-refractivity contribution in [2.24, 2.45) is 0 Å². The van der Waals surface area contributed by atoms with Gasteiger partial charge in [-0.25, -0.2) is 4.98 Å². The number of ketones is 1. The van der Waals surface area contributed by atoms with Crippen LogP contribution < -0.4 is 11.5 Å². The molecule has 25 heavy (non-hydrogen) atoms. The predicted molar refractivity (Wildman–Crippen MR) is 88.0 cm³/mol. The Bertz CT molecular complexity index is 999. The Labute approximate surface area is 140 Å². The van der Waals surface area contributed by atoms with Crippen LogP contribution in [0.4, 0.5) is 24.9 Å². The first-order valence-electron chi connectivity index (χ1n) is 7.22. The van der Waals surface area contributed by atoms with Crippen molar-refractivity contribution in [1.29, 1.82) is 0 Å². The van der Waals surface area contributed by atoms with E-state index in [1.165, 1.54) is 24.3 Å². The summed E-state index contributed by atoms with van der Waals surface area (Å²) in [6.45, 7) is 1.64. The van der Waals surface area contributed by atoms with E-state index in [1.807, 2.05) is 0 Å². The number of aromatic nitrogens is 2. The van der Waals surface area contributed by atoms with Gasteiger partial charge in [-0.05, 0) is 36.8 Å². The van der Waals surface area contributed by atoms with Gasteiger partial charge in [0.1, 0.15) is 5.82 Å². The summed E-state index contributed by atoms with van der Waals surface area (Å²) in [6, 6.07) is 7.31. The number of hydrogen-bond donors (Lipinski definition) is 2. The molecule has 0 saturated carbocycles. The van der Waals surface area contributed by atoms with Crippen molar-refractivity contribution in [3.8, 4) is 0 Å². The first-order valence-corrected chi connectivity index (χ1v) is 7.22. The van der Waals surface area contributed by atoms with Crippen molar-refractivity contribution in [3.05, 3.63) is 58.7 Å². The molecule has 5 nitrogen and oxygen atoms in total. The Morgan fingerprint density at radius 1 is 1.08 bits per heavy atom. The molecule has 3 aromatic rings. The van der Waals surface area contributed by atoms with E-state index < -0.39 is 17.5 Å². The number of benzene rings is 2. The summed E-state index contributed by atoms with van der Waals surface area (Å²) >= 11 is 0. The SMILES string of the molecule is Cc1c(C(=O)c2cccc(C(F)(F)F)c2)ccc2nc(N)nc(N)c12. The van der Waals surface area contributed by atoms with Gasteiger partial charge >= 0.3 is 6.18 Å². The quantitative estimate of drug-likeness (QED) is 0.694. The van der Waals surface area contributed by atoms with Gasteiger partial charge in [-0.2, -0.15) is 18.2 Å². The van der Waals surface area contributed by atoms with Gasteiger partial charge in [0.15, 0.2) is 5.78 Å². The molecule has 0 fully saturated rings. The highest BCUT2D eigenvalue weighted by molar-refractivity contribution is 6.12. The third-order valence-electron chi connectivity index (χ3n) is 3.87. The smallest absolute Gasteiger partial charge is 0.383 e. The van der Waals surface area contributed by atoms with Gasteiger partial charge in [-0.15, -0.1) is 0 Å². The van der Waals surface area contributed by atoms with Crippen LogP contribution in [-0.4, -0.2) is 15.8 Å². The van der Waals surface area contributed by atoms with Gasteiger partial charge in [-0.1, -0.05) is 12.1 Å². The largest absolute Gasteiger partial charge is 0.416 e. The van der Waals surface area contributed by atoms with Crippen LogP contribution in [0.2, 0.25) is 0 Å². The molecule has 8 heteroatoms. The van der Waals surface area contributed by atoms with Gasteiger partial charge in [0.2, 0.25) is 5.95 Å². The maximum Gasteiger partial charge on any atom is 0.416 e. The molecule has 0 aliphatic rings. The summed E-state index contributed by atoms with van der Waals surface area (Å²) in [6.07, 6.45) is -4.52. The standard InChI is InChI=1S/C17H13F3N4O/c1-8-11(5-6-12-13(8)15(21)24-16(22)23-12)14(25)9-3-2-4-10(7-9)17(18,19)20/h2-7H,1H3,(H4,21,22,23,24). The molecule has 3 rings (SSSR count). The molecule has 128 valence electrons. The van der Waals surface area contributed by atoms with Crippen LogP contribution in [0.3, 0.4) is 0 Å². The fourth-order valence-electron chi connectivity index (χ4n) is 2.68. The number of fused-ring (bicyclic) bond motifs is 1. The highest BCUT2D eigenvalue weighted by Gasteiger charge is 2.31. The zero-order valence-electron chi connectivity index (χ0n) is 13.1. The number of alkyl halides is 3. The van der Waals surface area contributed by atoms with E-state index in [9.17, 15) is 18.0 Å². The number of nitrogens with zero attached hydrogens (tertiary/aromatic N) is 2. The zero-order chi connectivity index (χ0) is 18.4. The fourth-order valence-corrected chi connectivity index (χ4v) is 2.68. The van der Waals surface area contributed by atoms with Crippen LogP contribution >= 0.6 is 0 Å². The van der Waals surface area contributed by atoms with Crippen LogP contribution in [0.25, 0.3) is 10.9 Å². The molecule has 0 radical (unpaired) electrons. The molecule has 0 spiro atoms. The maximum absolute atomic E-state index is 12.9. The Hall–Kier alpha value is -3.16. The lowest BCUT2D eigenvalue weighted by Gasteiger charge is -2.12. The molecule has 0 unspecified atom stereocenters. The lowest BCUT2D eigenvalue weighted by Crippen LogP contribution is -2.10. The minimum atomic E-state index is -4.52. The number of hydrogen-bond acceptors (Lipinski definition) is 5. The van der Waals surface area contributed by atoms with E-state index in [1.54, 1.807) is 6.92 Å². The van der Waals surface area contributed by atoms with Crippen LogP contribution in [0.15, 0.2) is 36.4 Å². The topological polar surface area (TPSA) is 94.9 Å². The number of aryl methyl sites for hydroxylation is 1. The van der Waals surface area contributed by atoms with E-state index in [2.05, 4.69) is 9.97 Å². The summed E-state index contributed by atoms with van der Waals surface area (Å²) in [5.74, 6) is -0.429. The molecule has 0 aliphatic heterocycles. The normalized spacial score (nSPS) is 11.7. The van der Waals surface area contributed by atoms with Crippen LogP contribution in [0.1, 0.15) is 27.0 Å². The van der Waals surface area contributed by atoms with Crippen molar-refractivity contribution < 1.29 is 18.0 Å². The first kappa shape index (κ1) is 16.7. The number of halogens is 3. The minimum absolute atomic E-state index is 0.00125. The Balaban J connectivity index is 2.14. The lowest BCUT2D eigenvalue weighted by molar-refractivity contribution is -0.137. The summed E-state index contributed by atoms with van der Waals surface area (Å²) in [5.41, 5.74) is 11.6. The minimum Gasteiger partial charge on any atom is -0.383 e. The van der Waals surface area contributed by atoms with Crippen molar-refractivity contribution in [3.63, 3.8) is 0 Å². The van der Waals surface area contributed by atoms with Crippen LogP contribution in [0, 0.1) is 6.92 Å². The summed E-state index contributed by atoms with van der Waals surface area (Å²) < 4.78 is 38.6. The molecule has 0 bridgehead atoms. The number of nitrogens with two attached hydrogens (primary N) is 2. The van der Waals surface area contributed by atoms with E-state index in [4.69, 9.17) is 11.5 Å². The Morgan fingerprint density at radius 2 is 1.80 bits per heavy atom. The van der Waals surface area contributed by atoms with Crippen molar-refractivity contribution >= 4 is 28.5 Å². The molecule has 4 N–H and O–H groups in total. The Kier molecular flexibility index (Phi) is 3.82. The monoisotopic (exact) mass is 346 g/mol. The van der Waals surface area contributed by atoms with Crippen molar-refractivity contribution in [2.75, 3.05) is 11.5 Å². The molecule has 0 saturated heterocycles. The van der Waals surface area contributed by atoms with Crippen LogP contribution in [-0.2, 0) is 6.18 Å². The van der Waals surface area contributed by atoms with Gasteiger partial charge in [0.25, 0.3) is 0 Å². The molecule has 0 atom stereocenters. The summed E-state index contributed by atoms with van der Waals surface area (Å²) in [4.78, 5) is 20.6. The highest BCUT2D eigenvalue weighted by atomic mass is 19.4. The van der Waals surface area contributed by atoms with Gasteiger partial charge in [-0.3, -0.25) is 4.79 Å². The number of carbonyl (C=O) groups excluding carboxylic acids is 1.